The molecule has 0 fully saturated rings. The maximum Gasteiger partial charge on any atom is 0.341 e. The van der Waals surface area contributed by atoms with E-state index in [1.54, 1.807) is 0 Å². The summed E-state index contributed by atoms with van der Waals surface area (Å²) in [5.74, 6) is -0.501. The highest BCUT2D eigenvalue weighted by Gasteiger charge is 2.13. The first-order valence-corrected chi connectivity index (χ1v) is 7.26. The smallest absolute Gasteiger partial charge is 0.341 e. The lowest BCUT2D eigenvalue weighted by Gasteiger charge is -2.07. The Kier molecular flexibility index (Phi) is 5.75. The van der Waals surface area contributed by atoms with Crippen LogP contribution in [0.25, 0.3) is 0 Å². The number of carbonyl (C=O) groups excluding carboxylic acids is 1. The summed E-state index contributed by atoms with van der Waals surface area (Å²) in [6, 6.07) is 13.5. The first-order chi connectivity index (χ1) is 10.2. The van der Waals surface area contributed by atoms with Gasteiger partial charge in [-0.25, -0.2) is 9.18 Å². The summed E-state index contributed by atoms with van der Waals surface area (Å²) < 4.78 is 24.6. The highest BCUT2D eigenvalue weighted by Crippen LogP contribution is 2.16. The van der Waals surface area contributed by atoms with E-state index in [1.165, 1.54) is 18.2 Å². The van der Waals surface area contributed by atoms with Crippen LogP contribution in [0.5, 0.6) is 5.75 Å². The number of benzene rings is 2. The molecule has 0 spiro atoms. The van der Waals surface area contributed by atoms with Gasteiger partial charge in [0, 0.05) is 10.9 Å². The Morgan fingerprint density at radius 3 is 2.62 bits per heavy atom. The summed E-state index contributed by atoms with van der Waals surface area (Å²) in [5.41, 5.74) is -0.0756. The third-order valence-electron chi connectivity index (χ3n) is 2.68. The van der Waals surface area contributed by atoms with Crippen molar-refractivity contribution in [2.24, 2.45) is 0 Å². The van der Waals surface area contributed by atoms with Gasteiger partial charge in [-0.3, -0.25) is 0 Å². The summed E-state index contributed by atoms with van der Waals surface area (Å²) in [6.45, 7) is 0.607. The summed E-state index contributed by atoms with van der Waals surface area (Å²) in [4.78, 5) is 11.7. The van der Waals surface area contributed by atoms with E-state index >= 15 is 0 Å². The number of rotatable bonds is 6. The number of esters is 1. The first kappa shape index (κ1) is 15.5. The predicted octanol–water partition coefficient (Wildman–Crippen LogP) is 4.21. The van der Waals surface area contributed by atoms with Crippen molar-refractivity contribution in [2.45, 2.75) is 6.42 Å². The number of hydrogen-bond donors (Lipinski definition) is 0. The van der Waals surface area contributed by atoms with Crippen LogP contribution in [0.2, 0.25) is 0 Å². The molecule has 2 aromatic rings. The van der Waals surface area contributed by atoms with Crippen LogP contribution in [-0.4, -0.2) is 19.2 Å². The van der Waals surface area contributed by atoms with Crippen molar-refractivity contribution >= 4 is 21.9 Å². The van der Waals surface area contributed by atoms with Crippen LogP contribution in [-0.2, 0) is 4.74 Å². The van der Waals surface area contributed by atoms with Crippen molar-refractivity contribution in [3.8, 4) is 5.75 Å². The molecule has 0 heterocycles. The highest BCUT2D eigenvalue weighted by molar-refractivity contribution is 9.10. The minimum absolute atomic E-state index is 0.0756. The van der Waals surface area contributed by atoms with Crippen molar-refractivity contribution in [1.29, 1.82) is 0 Å². The average molecular weight is 353 g/mol. The molecule has 0 unspecified atom stereocenters. The van der Waals surface area contributed by atoms with Gasteiger partial charge >= 0.3 is 5.97 Å². The first-order valence-electron chi connectivity index (χ1n) is 6.47. The highest BCUT2D eigenvalue weighted by atomic mass is 79.9. The molecule has 21 heavy (non-hydrogen) atoms. The van der Waals surface area contributed by atoms with Gasteiger partial charge in [-0.05, 0) is 30.3 Å². The zero-order chi connectivity index (χ0) is 15.1. The van der Waals surface area contributed by atoms with E-state index in [-0.39, 0.29) is 12.2 Å². The Bertz CT molecular complexity index is 602. The Morgan fingerprint density at radius 2 is 1.86 bits per heavy atom. The van der Waals surface area contributed by atoms with Crippen LogP contribution >= 0.6 is 15.9 Å². The number of carbonyl (C=O) groups is 1. The van der Waals surface area contributed by atoms with E-state index < -0.39 is 11.8 Å². The molecule has 0 saturated heterocycles. The zero-order valence-electron chi connectivity index (χ0n) is 11.2. The number of hydrogen-bond acceptors (Lipinski definition) is 3. The fourth-order valence-corrected chi connectivity index (χ4v) is 2.02. The second-order valence-electron chi connectivity index (χ2n) is 4.28. The van der Waals surface area contributed by atoms with Gasteiger partial charge in [-0.2, -0.15) is 0 Å². The lowest BCUT2D eigenvalue weighted by atomic mass is 10.2. The second-order valence-corrected chi connectivity index (χ2v) is 5.19. The molecule has 0 aliphatic carbocycles. The molecule has 5 heteroatoms. The van der Waals surface area contributed by atoms with Crippen molar-refractivity contribution < 1.29 is 18.7 Å². The third kappa shape index (κ3) is 4.86. The van der Waals surface area contributed by atoms with E-state index in [0.29, 0.717) is 17.5 Å². The van der Waals surface area contributed by atoms with Crippen molar-refractivity contribution in [3.05, 3.63) is 64.4 Å². The van der Waals surface area contributed by atoms with E-state index in [4.69, 9.17) is 9.47 Å². The van der Waals surface area contributed by atoms with Gasteiger partial charge in [0.15, 0.2) is 0 Å². The Hall–Kier alpha value is -1.88. The molecule has 0 atom stereocenters. The molecule has 3 nitrogen and oxygen atoms in total. The maximum atomic E-state index is 13.5. The molecule has 2 rings (SSSR count). The normalized spacial score (nSPS) is 10.2. The minimum atomic E-state index is -0.673. The number of para-hydroxylation sites is 1. The number of ether oxygens (including phenoxy) is 2. The van der Waals surface area contributed by atoms with Crippen molar-refractivity contribution in [3.63, 3.8) is 0 Å². The fraction of sp³-hybridized carbons (Fsp3) is 0.188. The van der Waals surface area contributed by atoms with Crippen LogP contribution in [0.4, 0.5) is 4.39 Å². The number of halogens is 2. The SMILES string of the molecule is O=C(OCCCOc1ccccc1)c1cc(Br)ccc1F. The molecule has 0 aromatic heterocycles. The topological polar surface area (TPSA) is 35.5 Å². The Labute approximate surface area is 130 Å². The molecule has 2 aromatic carbocycles. The van der Waals surface area contributed by atoms with Gasteiger partial charge in [0.05, 0.1) is 18.8 Å². The largest absolute Gasteiger partial charge is 0.493 e. The lowest BCUT2D eigenvalue weighted by molar-refractivity contribution is 0.0480. The monoisotopic (exact) mass is 352 g/mol. The molecule has 110 valence electrons. The fourth-order valence-electron chi connectivity index (χ4n) is 1.66. The van der Waals surface area contributed by atoms with Crippen molar-refractivity contribution in [2.75, 3.05) is 13.2 Å². The minimum Gasteiger partial charge on any atom is -0.493 e. The molecule has 0 amide bonds. The molecule has 0 aliphatic rings. The Morgan fingerprint density at radius 1 is 1.10 bits per heavy atom. The maximum absolute atomic E-state index is 13.5. The van der Waals surface area contributed by atoms with E-state index in [1.807, 2.05) is 30.3 Å². The Balaban J connectivity index is 1.73. The quantitative estimate of drug-likeness (QED) is 0.576. The molecule has 0 radical (unpaired) electrons. The average Bonchev–Trinajstić information content (AvgIpc) is 2.50. The third-order valence-corrected chi connectivity index (χ3v) is 3.18. The van der Waals surface area contributed by atoms with Crippen LogP contribution in [0.1, 0.15) is 16.8 Å². The molecule has 0 N–H and O–H groups in total. The van der Waals surface area contributed by atoms with E-state index in [0.717, 1.165) is 5.75 Å². The van der Waals surface area contributed by atoms with Gasteiger partial charge in [0.2, 0.25) is 0 Å². The van der Waals surface area contributed by atoms with Gasteiger partial charge in [0.25, 0.3) is 0 Å². The standard InChI is InChI=1S/C16H14BrFO3/c17-12-7-8-15(18)14(11-12)16(19)21-10-4-9-20-13-5-2-1-3-6-13/h1-3,5-8,11H,4,9-10H2. The summed E-state index contributed by atoms with van der Waals surface area (Å²) in [6.07, 6.45) is 0.538. The molecule has 0 saturated carbocycles. The summed E-state index contributed by atoms with van der Waals surface area (Å²) >= 11 is 3.19. The van der Waals surface area contributed by atoms with Gasteiger partial charge in [-0.1, -0.05) is 34.1 Å². The predicted molar refractivity (Wildman–Crippen MR) is 80.9 cm³/mol. The molecular formula is C16H14BrFO3. The van der Waals surface area contributed by atoms with Gasteiger partial charge in [-0.15, -0.1) is 0 Å². The van der Waals surface area contributed by atoms with E-state index in [2.05, 4.69) is 15.9 Å². The van der Waals surface area contributed by atoms with Crippen LogP contribution < -0.4 is 4.74 Å². The van der Waals surface area contributed by atoms with Gasteiger partial charge in [0.1, 0.15) is 11.6 Å². The van der Waals surface area contributed by atoms with Crippen LogP contribution in [0, 0.1) is 5.82 Å². The lowest BCUT2D eigenvalue weighted by Crippen LogP contribution is -2.10. The summed E-state index contributed by atoms with van der Waals surface area (Å²) in [5, 5.41) is 0. The molecule has 0 bridgehead atoms. The van der Waals surface area contributed by atoms with Gasteiger partial charge < -0.3 is 9.47 Å². The van der Waals surface area contributed by atoms with Crippen LogP contribution in [0.3, 0.4) is 0 Å². The molecular weight excluding hydrogens is 339 g/mol. The van der Waals surface area contributed by atoms with Crippen molar-refractivity contribution in [1.82, 2.24) is 0 Å². The summed E-state index contributed by atoms with van der Waals surface area (Å²) in [7, 11) is 0. The zero-order valence-corrected chi connectivity index (χ0v) is 12.8. The second kappa shape index (κ2) is 7.78. The molecule has 0 aliphatic heterocycles. The van der Waals surface area contributed by atoms with Crippen LogP contribution in [0.15, 0.2) is 53.0 Å². The van der Waals surface area contributed by atoms with E-state index in [9.17, 15) is 9.18 Å².